The zero-order valence-electron chi connectivity index (χ0n) is 13.7. The quantitative estimate of drug-likeness (QED) is 0.512. The van der Waals surface area contributed by atoms with Gasteiger partial charge in [-0.1, -0.05) is 48.5 Å². The molecule has 3 nitrogen and oxygen atoms in total. The van der Waals surface area contributed by atoms with Gasteiger partial charge in [0, 0.05) is 11.1 Å². The fourth-order valence-electron chi connectivity index (χ4n) is 2.73. The van der Waals surface area contributed by atoms with E-state index in [1.807, 2.05) is 36.4 Å². The van der Waals surface area contributed by atoms with Gasteiger partial charge in [0.1, 0.15) is 5.75 Å². The maximum absolute atomic E-state index is 12.7. The van der Waals surface area contributed by atoms with E-state index in [0.29, 0.717) is 11.1 Å². The van der Waals surface area contributed by atoms with Gasteiger partial charge in [-0.05, 0) is 35.9 Å². The normalized spacial score (nSPS) is 11.9. The number of Topliss-reactive ketones (excluding diaryl/α,β-unsaturated/α-hetero) is 2. The molecule has 0 radical (unpaired) electrons. The Morgan fingerprint density at radius 3 is 2.12 bits per heavy atom. The fourth-order valence-corrected chi connectivity index (χ4v) is 2.73. The number of carbonyl (C=O) groups excluding carboxylic acids is 2. The summed E-state index contributed by atoms with van der Waals surface area (Å²) in [4.78, 5) is 25.1. The Bertz CT molecular complexity index is 897. The predicted molar refractivity (Wildman–Crippen MR) is 94.8 cm³/mol. The van der Waals surface area contributed by atoms with E-state index in [2.05, 4.69) is 0 Å². The number of benzene rings is 3. The van der Waals surface area contributed by atoms with Gasteiger partial charge >= 0.3 is 0 Å². The molecular weight excluding hydrogens is 300 g/mol. The first-order valence-corrected chi connectivity index (χ1v) is 7.81. The van der Waals surface area contributed by atoms with Crippen LogP contribution in [-0.2, 0) is 0 Å². The molecule has 0 fully saturated rings. The summed E-state index contributed by atoms with van der Waals surface area (Å²) in [6, 6.07) is 20.1. The molecule has 1 atom stereocenters. The van der Waals surface area contributed by atoms with Crippen molar-refractivity contribution in [1.82, 2.24) is 0 Å². The molecule has 3 aromatic carbocycles. The molecule has 3 rings (SSSR count). The maximum Gasteiger partial charge on any atom is 0.173 e. The van der Waals surface area contributed by atoms with Gasteiger partial charge in [-0.2, -0.15) is 0 Å². The standard InChI is InChI=1S/C21H18O3/c1-14(20(22)15-6-4-3-5-7-15)21(23)18-9-8-17-13-19(24-2)11-10-16(17)12-18/h3-14H,1-2H3. The van der Waals surface area contributed by atoms with E-state index in [9.17, 15) is 9.59 Å². The minimum Gasteiger partial charge on any atom is -0.497 e. The van der Waals surface area contributed by atoms with Gasteiger partial charge in [0.05, 0.1) is 13.0 Å². The lowest BCUT2D eigenvalue weighted by Gasteiger charge is -2.11. The van der Waals surface area contributed by atoms with Crippen molar-refractivity contribution in [2.24, 2.45) is 5.92 Å². The summed E-state index contributed by atoms with van der Waals surface area (Å²) in [5, 5.41) is 1.94. The number of fused-ring (bicyclic) bond motifs is 1. The highest BCUT2D eigenvalue weighted by Crippen LogP contribution is 2.23. The number of carbonyl (C=O) groups is 2. The average molecular weight is 318 g/mol. The largest absolute Gasteiger partial charge is 0.497 e. The fraction of sp³-hybridized carbons (Fsp3) is 0.143. The second-order valence-electron chi connectivity index (χ2n) is 5.74. The van der Waals surface area contributed by atoms with Crippen molar-refractivity contribution in [2.75, 3.05) is 7.11 Å². The lowest BCUT2D eigenvalue weighted by molar-refractivity contribution is 0.0821. The third kappa shape index (κ3) is 3.06. The Kier molecular flexibility index (Phi) is 4.43. The Morgan fingerprint density at radius 1 is 0.792 bits per heavy atom. The van der Waals surface area contributed by atoms with Crippen molar-refractivity contribution in [3.05, 3.63) is 77.9 Å². The molecule has 0 aliphatic rings. The molecule has 120 valence electrons. The first-order chi connectivity index (χ1) is 11.6. The number of hydrogen-bond acceptors (Lipinski definition) is 3. The zero-order valence-corrected chi connectivity index (χ0v) is 13.7. The molecule has 0 bridgehead atoms. The number of ether oxygens (including phenoxy) is 1. The minimum absolute atomic E-state index is 0.157. The zero-order chi connectivity index (χ0) is 17.1. The van der Waals surface area contributed by atoms with Gasteiger partial charge in [-0.25, -0.2) is 0 Å². The van der Waals surface area contributed by atoms with Crippen molar-refractivity contribution in [2.45, 2.75) is 6.92 Å². The van der Waals surface area contributed by atoms with Crippen LogP contribution in [-0.4, -0.2) is 18.7 Å². The third-order valence-electron chi connectivity index (χ3n) is 4.18. The molecule has 0 spiro atoms. The predicted octanol–water partition coefficient (Wildman–Crippen LogP) is 4.55. The van der Waals surface area contributed by atoms with Gasteiger partial charge in [-0.3, -0.25) is 9.59 Å². The van der Waals surface area contributed by atoms with Crippen LogP contribution in [0.4, 0.5) is 0 Å². The molecule has 0 heterocycles. The minimum atomic E-state index is -0.705. The summed E-state index contributed by atoms with van der Waals surface area (Å²) >= 11 is 0. The van der Waals surface area contributed by atoms with Gasteiger partial charge in [0.25, 0.3) is 0 Å². The van der Waals surface area contributed by atoms with E-state index >= 15 is 0 Å². The maximum atomic E-state index is 12.7. The van der Waals surface area contributed by atoms with Crippen LogP contribution >= 0.6 is 0 Å². The lowest BCUT2D eigenvalue weighted by Crippen LogP contribution is -2.21. The Labute approximate surface area is 140 Å². The van der Waals surface area contributed by atoms with Crippen LogP contribution in [0.15, 0.2) is 66.7 Å². The molecule has 0 saturated carbocycles. The second kappa shape index (κ2) is 6.67. The van der Waals surface area contributed by atoms with Gasteiger partial charge in [-0.15, -0.1) is 0 Å². The Morgan fingerprint density at radius 2 is 1.42 bits per heavy atom. The molecule has 3 aromatic rings. The molecule has 0 N–H and O–H groups in total. The second-order valence-corrected chi connectivity index (χ2v) is 5.74. The molecule has 0 aromatic heterocycles. The summed E-state index contributed by atoms with van der Waals surface area (Å²) in [6.07, 6.45) is 0. The molecular formula is C21H18O3. The molecule has 0 aliphatic heterocycles. The van der Waals surface area contributed by atoms with Crippen molar-refractivity contribution in [3.8, 4) is 5.75 Å². The lowest BCUT2D eigenvalue weighted by atomic mass is 9.91. The third-order valence-corrected chi connectivity index (χ3v) is 4.18. The number of rotatable bonds is 5. The number of ketones is 2. The van der Waals surface area contributed by atoms with E-state index in [-0.39, 0.29) is 11.6 Å². The van der Waals surface area contributed by atoms with Crippen molar-refractivity contribution in [1.29, 1.82) is 0 Å². The average Bonchev–Trinajstić information content (AvgIpc) is 2.66. The van der Waals surface area contributed by atoms with Crippen molar-refractivity contribution in [3.63, 3.8) is 0 Å². The van der Waals surface area contributed by atoms with Gasteiger partial charge < -0.3 is 4.74 Å². The van der Waals surface area contributed by atoms with Gasteiger partial charge in [0.15, 0.2) is 11.6 Å². The van der Waals surface area contributed by atoms with Crippen LogP contribution in [0.5, 0.6) is 5.75 Å². The van der Waals surface area contributed by atoms with Crippen molar-refractivity contribution >= 4 is 22.3 Å². The van der Waals surface area contributed by atoms with Crippen LogP contribution < -0.4 is 4.74 Å². The van der Waals surface area contributed by atoms with Crippen LogP contribution in [0.25, 0.3) is 10.8 Å². The van der Waals surface area contributed by atoms with E-state index in [1.165, 1.54) is 0 Å². The number of methoxy groups -OCH3 is 1. The highest BCUT2D eigenvalue weighted by atomic mass is 16.5. The summed E-state index contributed by atoms with van der Waals surface area (Å²) in [5.74, 6) is -0.255. The highest BCUT2D eigenvalue weighted by Gasteiger charge is 2.23. The van der Waals surface area contributed by atoms with E-state index in [0.717, 1.165) is 16.5 Å². The summed E-state index contributed by atoms with van der Waals surface area (Å²) in [7, 11) is 1.62. The SMILES string of the molecule is COc1ccc2cc(C(=O)C(C)C(=O)c3ccccc3)ccc2c1. The summed E-state index contributed by atoms with van der Waals surface area (Å²) in [5.41, 5.74) is 1.10. The van der Waals surface area contributed by atoms with Crippen LogP contribution in [0.2, 0.25) is 0 Å². The van der Waals surface area contributed by atoms with Crippen LogP contribution in [0.3, 0.4) is 0 Å². The summed E-state index contributed by atoms with van der Waals surface area (Å²) in [6.45, 7) is 1.66. The molecule has 0 amide bonds. The smallest absolute Gasteiger partial charge is 0.173 e. The topological polar surface area (TPSA) is 43.4 Å². The summed E-state index contributed by atoms with van der Waals surface area (Å²) < 4.78 is 5.21. The molecule has 1 unspecified atom stereocenters. The van der Waals surface area contributed by atoms with E-state index < -0.39 is 5.92 Å². The van der Waals surface area contributed by atoms with Crippen LogP contribution in [0, 0.1) is 5.92 Å². The highest BCUT2D eigenvalue weighted by molar-refractivity contribution is 6.16. The molecule has 24 heavy (non-hydrogen) atoms. The van der Waals surface area contributed by atoms with Gasteiger partial charge in [0.2, 0.25) is 0 Å². The van der Waals surface area contributed by atoms with E-state index in [4.69, 9.17) is 4.74 Å². The van der Waals surface area contributed by atoms with E-state index in [1.54, 1.807) is 44.4 Å². The van der Waals surface area contributed by atoms with Crippen LogP contribution in [0.1, 0.15) is 27.6 Å². The molecule has 3 heteroatoms. The Hall–Kier alpha value is -2.94. The Balaban J connectivity index is 1.89. The molecule has 0 saturated heterocycles. The first-order valence-electron chi connectivity index (χ1n) is 7.81. The monoisotopic (exact) mass is 318 g/mol. The number of hydrogen-bond donors (Lipinski definition) is 0. The molecule has 0 aliphatic carbocycles. The van der Waals surface area contributed by atoms with Crippen molar-refractivity contribution < 1.29 is 14.3 Å². The first kappa shape index (κ1) is 15.9.